The fraction of sp³-hybridized carbons (Fsp3) is 0.389. The van der Waals surface area contributed by atoms with Crippen molar-refractivity contribution in [2.45, 2.75) is 46.1 Å². The zero-order chi connectivity index (χ0) is 17.5. The minimum atomic E-state index is -0.247. The molecule has 0 atom stereocenters. The lowest BCUT2D eigenvalue weighted by Gasteiger charge is -2.23. The molecule has 3 rings (SSSR count). The van der Waals surface area contributed by atoms with Crippen molar-refractivity contribution in [3.63, 3.8) is 0 Å². The summed E-state index contributed by atoms with van der Waals surface area (Å²) >= 11 is 0. The van der Waals surface area contributed by atoms with Crippen molar-refractivity contribution in [3.05, 3.63) is 48.0 Å². The van der Waals surface area contributed by atoms with Crippen molar-refractivity contribution in [1.82, 2.24) is 19.4 Å². The first-order valence-corrected chi connectivity index (χ1v) is 8.11. The average molecular weight is 325 g/mol. The highest BCUT2D eigenvalue weighted by molar-refractivity contribution is 5.99. The third-order valence-corrected chi connectivity index (χ3v) is 3.87. The van der Waals surface area contributed by atoms with Gasteiger partial charge in [0.25, 0.3) is 5.91 Å². The molecule has 24 heavy (non-hydrogen) atoms. The summed E-state index contributed by atoms with van der Waals surface area (Å²) in [4.78, 5) is 16.9. The number of fused-ring (bicyclic) bond motifs is 1. The van der Waals surface area contributed by atoms with Crippen LogP contribution in [0.4, 0.5) is 0 Å². The number of nitrogens with one attached hydrogen (secondary N) is 1. The zero-order valence-electron chi connectivity index (χ0n) is 14.7. The van der Waals surface area contributed by atoms with E-state index in [4.69, 9.17) is 0 Å². The van der Waals surface area contributed by atoms with Crippen LogP contribution in [-0.4, -0.2) is 25.3 Å². The largest absolute Gasteiger partial charge is 0.290 e. The summed E-state index contributed by atoms with van der Waals surface area (Å²) in [5.74, 6) is 0.0374. The molecule has 0 fully saturated rings. The van der Waals surface area contributed by atoms with Crippen molar-refractivity contribution in [2.24, 2.45) is 0 Å². The zero-order valence-corrected chi connectivity index (χ0v) is 14.7. The highest BCUT2D eigenvalue weighted by Gasteiger charge is 2.23. The number of hydrogen-bond donors (Lipinski definition) is 1. The van der Waals surface area contributed by atoms with Gasteiger partial charge in [-0.1, -0.05) is 26.0 Å². The van der Waals surface area contributed by atoms with Gasteiger partial charge in [0.2, 0.25) is 0 Å². The Morgan fingerprint density at radius 3 is 2.54 bits per heavy atom. The monoisotopic (exact) mass is 325 g/mol. The number of carbonyl (C=O) groups is 1. The van der Waals surface area contributed by atoms with E-state index in [-0.39, 0.29) is 17.4 Å². The molecule has 6 nitrogen and oxygen atoms in total. The Balaban J connectivity index is 1.93. The van der Waals surface area contributed by atoms with E-state index >= 15 is 0 Å². The number of aromatic nitrogens is 4. The molecule has 3 aromatic rings. The topological polar surface area (TPSA) is 64.7 Å². The maximum atomic E-state index is 12.6. The summed E-state index contributed by atoms with van der Waals surface area (Å²) < 4.78 is 3.56. The minimum absolute atomic E-state index is 0.181. The number of amides is 1. The summed E-state index contributed by atoms with van der Waals surface area (Å²) in [7, 11) is 0. The van der Waals surface area contributed by atoms with Crippen molar-refractivity contribution >= 4 is 16.9 Å². The molecule has 1 N–H and O–H groups in total. The molecule has 0 saturated carbocycles. The van der Waals surface area contributed by atoms with E-state index in [0.29, 0.717) is 5.69 Å². The Labute approximate surface area is 141 Å². The molecule has 2 heterocycles. The molecule has 1 aromatic carbocycles. The third kappa shape index (κ3) is 2.91. The van der Waals surface area contributed by atoms with E-state index in [1.54, 1.807) is 11.0 Å². The molecule has 126 valence electrons. The lowest BCUT2D eigenvalue weighted by Crippen LogP contribution is -2.27. The first-order chi connectivity index (χ1) is 11.3. The van der Waals surface area contributed by atoms with Crippen LogP contribution in [0.15, 0.2) is 36.7 Å². The van der Waals surface area contributed by atoms with Crippen molar-refractivity contribution in [1.29, 1.82) is 0 Å². The normalized spacial score (nSPS) is 12.1. The van der Waals surface area contributed by atoms with Gasteiger partial charge < -0.3 is 0 Å². The molecule has 0 aliphatic carbocycles. The second kappa shape index (κ2) is 5.78. The van der Waals surface area contributed by atoms with Crippen LogP contribution in [0.5, 0.6) is 0 Å². The molecular weight excluding hydrogens is 302 g/mol. The lowest BCUT2D eigenvalue weighted by atomic mass is 10.1. The predicted molar refractivity (Wildman–Crippen MR) is 94.7 cm³/mol. The van der Waals surface area contributed by atoms with Crippen LogP contribution in [0.3, 0.4) is 0 Å². The molecule has 1 amide bonds. The molecule has 2 aromatic heterocycles. The molecular formula is C18H23N5O. The quantitative estimate of drug-likeness (QED) is 0.801. The fourth-order valence-electron chi connectivity index (χ4n) is 2.67. The standard InChI is InChI=1S/C18H23N5O/c1-12(2)16-10-14(20-23(16)18(3,4)5)17(24)21-22-11-19-13-8-6-7-9-15(13)22/h6-12H,1-5H3,(H,21,24). The minimum Gasteiger partial charge on any atom is -0.266 e. The molecule has 0 aliphatic rings. The number of para-hydroxylation sites is 2. The molecule has 6 heteroatoms. The molecule has 0 spiro atoms. The number of hydrogen-bond acceptors (Lipinski definition) is 3. The number of imidazole rings is 1. The van der Waals surface area contributed by atoms with Crippen LogP contribution in [0.25, 0.3) is 11.0 Å². The first kappa shape index (κ1) is 16.2. The number of nitrogens with zero attached hydrogens (tertiary/aromatic N) is 4. The van der Waals surface area contributed by atoms with Crippen LogP contribution in [0.1, 0.15) is 56.7 Å². The van der Waals surface area contributed by atoms with Crippen LogP contribution < -0.4 is 5.43 Å². The van der Waals surface area contributed by atoms with Crippen LogP contribution in [0.2, 0.25) is 0 Å². The van der Waals surface area contributed by atoms with Crippen LogP contribution >= 0.6 is 0 Å². The van der Waals surface area contributed by atoms with Gasteiger partial charge in [-0.3, -0.25) is 14.9 Å². The second-order valence-corrected chi connectivity index (χ2v) is 7.24. The highest BCUT2D eigenvalue weighted by Crippen LogP contribution is 2.23. The molecule has 0 unspecified atom stereocenters. The second-order valence-electron chi connectivity index (χ2n) is 7.24. The Bertz CT molecular complexity index is 882. The summed E-state index contributed by atoms with van der Waals surface area (Å²) in [6.07, 6.45) is 1.60. The van der Waals surface area contributed by atoms with Gasteiger partial charge in [-0.25, -0.2) is 9.66 Å². The van der Waals surface area contributed by atoms with E-state index in [1.807, 2.05) is 35.0 Å². The first-order valence-electron chi connectivity index (χ1n) is 8.11. The molecule has 0 saturated heterocycles. The maximum Gasteiger partial charge on any atom is 0.290 e. The van der Waals surface area contributed by atoms with Gasteiger partial charge in [0.1, 0.15) is 6.33 Å². The van der Waals surface area contributed by atoms with Gasteiger partial charge in [0.15, 0.2) is 5.69 Å². The predicted octanol–water partition coefficient (Wildman–Crippen LogP) is 3.50. The highest BCUT2D eigenvalue weighted by atomic mass is 16.2. The number of rotatable bonds is 3. The van der Waals surface area contributed by atoms with Crippen molar-refractivity contribution in [3.8, 4) is 0 Å². The molecule has 0 radical (unpaired) electrons. The number of carbonyl (C=O) groups excluding carboxylic acids is 1. The van der Waals surface area contributed by atoms with E-state index in [9.17, 15) is 4.79 Å². The summed E-state index contributed by atoms with van der Waals surface area (Å²) in [5, 5.41) is 4.53. The van der Waals surface area contributed by atoms with Crippen LogP contribution in [0, 0.1) is 0 Å². The Morgan fingerprint density at radius 2 is 1.92 bits per heavy atom. The van der Waals surface area contributed by atoms with Gasteiger partial charge in [-0.2, -0.15) is 5.10 Å². The van der Waals surface area contributed by atoms with Crippen molar-refractivity contribution < 1.29 is 4.79 Å². The van der Waals surface area contributed by atoms with Crippen LogP contribution in [-0.2, 0) is 5.54 Å². The van der Waals surface area contributed by atoms with Gasteiger partial charge in [-0.05, 0) is 44.9 Å². The van der Waals surface area contributed by atoms with Gasteiger partial charge >= 0.3 is 0 Å². The Kier molecular flexibility index (Phi) is 3.91. The Morgan fingerprint density at radius 1 is 1.21 bits per heavy atom. The summed E-state index contributed by atoms with van der Waals surface area (Å²) in [6.45, 7) is 10.4. The molecule has 0 aliphatic heterocycles. The van der Waals surface area contributed by atoms with E-state index in [0.717, 1.165) is 16.7 Å². The summed E-state index contributed by atoms with van der Waals surface area (Å²) in [6, 6.07) is 9.52. The maximum absolute atomic E-state index is 12.6. The summed E-state index contributed by atoms with van der Waals surface area (Å²) in [5.41, 5.74) is 5.81. The SMILES string of the molecule is CC(C)c1cc(C(=O)Nn2cnc3ccccc32)nn1C(C)(C)C. The third-order valence-electron chi connectivity index (χ3n) is 3.87. The number of benzene rings is 1. The lowest BCUT2D eigenvalue weighted by molar-refractivity contribution is 0.100. The van der Waals surface area contributed by atoms with Gasteiger partial charge in [-0.15, -0.1) is 0 Å². The van der Waals surface area contributed by atoms with E-state index in [2.05, 4.69) is 50.1 Å². The van der Waals surface area contributed by atoms with E-state index in [1.165, 1.54) is 0 Å². The van der Waals surface area contributed by atoms with Crippen molar-refractivity contribution in [2.75, 3.05) is 5.43 Å². The van der Waals surface area contributed by atoms with Gasteiger partial charge in [0.05, 0.1) is 16.6 Å². The van der Waals surface area contributed by atoms with E-state index < -0.39 is 0 Å². The molecule has 0 bridgehead atoms. The Hall–Kier alpha value is -2.63. The smallest absolute Gasteiger partial charge is 0.266 e. The van der Waals surface area contributed by atoms with Gasteiger partial charge in [0, 0.05) is 5.69 Å². The average Bonchev–Trinajstić information content (AvgIpc) is 3.11. The fourth-order valence-corrected chi connectivity index (χ4v) is 2.67.